The lowest BCUT2D eigenvalue weighted by Gasteiger charge is -2.40. The molecule has 0 unspecified atom stereocenters. The standard InChI is InChI=1S/C24H34O2/c1-23(2,17-8-12-21(25)13-9-17)19-6-5-7-20(16-19)24(3,4)18-10-14-22(26)15-11-18/h5-7,16-18H,8-15H2,1-4H3. The van der Waals surface area contributed by atoms with Crippen LogP contribution < -0.4 is 0 Å². The fraction of sp³-hybridized carbons (Fsp3) is 0.667. The monoisotopic (exact) mass is 354 g/mol. The molecular formula is C24H34O2. The Bertz CT molecular complexity index is 608. The Morgan fingerprint density at radius 2 is 1.04 bits per heavy atom. The molecular weight excluding hydrogens is 320 g/mol. The minimum absolute atomic E-state index is 0.0926. The molecule has 0 aliphatic heterocycles. The fourth-order valence-corrected chi connectivity index (χ4v) is 5.12. The van der Waals surface area contributed by atoms with Gasteiger partial charge in [-0.05, 0) is 59.5 Å². The average Bonchev–Trinajstić information content (AvgIpc) is 2.62. The maximum absolute atomic E-state index is 11.6. The third-order valence-electron chi connectivity index (χ3n) is 7.48. The first-order chi connectivity index (χ1) is 12.2. The number of carbonyl (C=O) groups is 2. The maximum Gasteiger partial charge on any atom is 0.132 e. The first kappa shape index (κ1) is 19.3. The highest BCUT2D eigenvalue weighted by Gasteiger charge is 2.37. The van der Waals surface area contributed by atoms with E-state index in [0.717, 1.165) is 51.4 Å². The van der Waals surface area contributed by atoms with Crippen LogP contribution in [0.3, 0.4) is 0 Å². The Labute approximate surface area is 158 Å². The van der Waals surface area contributed by atoms with Gasteiger partial charge in [0.15, 0.2) is 0 Å². The van der Waals surface area contributed by atoms with Crippen LogP contribution in [0, 0.1) is 11.8 Å². The Kier molecular flexibility index (Phi) is 5.42. The van der Waals surface area contributed by atoms with Crippen LogP contribution in [0.2, 0.25) is 0 Å². The van der Waals surface area contributed by atoms with Gasteiger partial charge in [0.05, 0.1) is 0 Å². The zero-order chi connectivity index (χ0) is 18.9. The van der Waals surface area contributed by atoms with Crippen molar-refractivity contribution < 1.29 is 9.59 Å². The molecule has 142 valence electrons. The maximum atomic E-state index is 11.6. The summed E-state index contributed by atoms with van der Waals surface area (Å²) >= 11 is 0. The van der Waals surface area contributed by atoms with E-state index in [-0.39, 0.29) is 10.8 Å². The Morgan fingerprint density at radius 1 is 0.692 bits per heavy atom. The molecule has 2 saturated carbocycles. The highest BCUT2D eigenvalue weighted by molar-refractivity contribution is 5.79. The Hall–Kier alpha value is -1.44. The van der Waals surface area contributed by atoms with Crippen LogP contribution in [0.25, 0.3) is 0 Å². The van der Waals surface area contributed by atoms with Gasteiger partial charge in [-0.3, -0.25) is 9.59 Å². The normalized spacial score (nSPS) is 21.2. The molecule has 0 amide bonds. The van der Waals surface area contributed by atoms with Crippen molar-refractivity contribution in [2.45, 2.75) is 89.9 Å². The van der Waals surface area contributed by atoms with Gasteiger partial charge in [-0.15, -0.1) is 0 Å². The minimum Gasteiger partial charge on any atom is -0.300 e. The molecule has 0 spiro atoms. The van der Waals surface area contributed by atoms with E-state index in [9.17, 15) is 9.59 Å². The molecule has 0 saturated heterocycles. The third kappa shape index (κ3) is 3.80. The average molecular weight is 355 g/mol. The first-order valence-electron chi connectivity index (χ1n) is 10.4. The van der Waals surface area contributed by atoms with Crippen molar-refractivity contribution in [3.8, 4) is 0 Å². The SMILES string of the molecule is CC(C)(c1cccc(C(C)(C)C2CCC(=O)CC2)c1)C1CCC(=O)CC1. The summed E-state index contributed by atoms with van der Waals surface area (Å²) < 4.78 is 0. The van der Waals surface area contributed by atoms with E-state index in [1.807, 2.05) is 0 Å². The second-order valence-corrected chi connectivity index (χ2v) is 9.65. The molecule has 1 aromatic rings. The molecule has 0 bridgehead atoms. The van der Waals surface area contributed by atoms with Crippen molar-refractivity contribution in [3.05, 3.63) is 35.4 Å². The highest BCUT2D eigenvalue weighted by atomic mass is 16.1. The van der Waals surface area contributed by atoms with Crippen LogP contribution in [-0.2, 0) is 20.4 Å². The lowest BCUT2D eigenvalue weighted by Crippen LogP contribution is -2.34. The van der Waals surface area contributed by atoms with Crippen LogP contribution in [0.4, 0.5) is 0 Å². The Balaban J connectivity index is 1.83. The Morgan fingerprint density at radius 3 is 1.38 bits per heavy atom. The molecule has 0 radical (unpaired) electrons. The van der Waals surface area contributed by atoms with Crippen molar-refractivity contribution in [1.82, 2.24) is 0 Å². The van der Waals surface area contributed by atoms with E-state index in [1.54, 1.807) is 0 Å². The summed E-state index contributed by atoms with van der Waals surface area (Å²) in [4.78, 5) is 23.3. The topological polar surface area (TPSA) is 34.1 Å². The summed E-state index contributed by atoms with van der Waals surface area (Å²) in [6, 6.07) is 9.14. The molecule has 2 aliphatic rings. The van der Waals surface area contributed by atoms with Gasteiger partial charge in [0, 0.05) is 25.7 Å². The van der Waals surface area contributed by atoms with E-state index in [4.69, 9.17) is 0 Å². The smallest absolute Gasteiger partial charge is 0.132 e. The van der Waals surface area contributed by atoms with Gasteiger partial charge in [-0.25, -0.2) is 0 Å². The number of carbonyl (C=O) groups excluding carboxylic acids is 2. The van der Waals surface area contributed by atoms with Gasteiger partial charge in [0.1, 0.15) is 11.6 Å². The quantitative estimate of drug-likeness (QED) is 0.689. The predicted octanol–water partition coefficient (Wildman–Crippen LogP) is 5.76. The molecule has 2 nitrogen and oxygen atoms in total. The van der Waals surface area contributed by atoms with Crippen molar-refractivity contribution >= 4 is 11.6 Å². The van der Waals surface area contributed by atoms with Crippen LogP contribution in [-0.4, -0.2) is 11.6 Å². The lowest BCUT2D eigenvalue weighted by atomic mass is 9.64. The van der Waals surface area contributed by atoms with Crippen molar-refractivity contribution in [2.24, 2.45) is 11.8 Å². The molecule has 2 aliphatic carbocycles. The second kappa shape index (κ2) is 7.29. The summed E-state index contributed by atoms with van der Waals surface area (Å²) in [5, 5.41) is 0. The van der Waals surface area contributed by atoms with E-state index in [0.29, 0.717) is 23.4 Å². The minimum atomic E-state index is 0.0926. The zero-order valence-electron chi connectivity index (χ0n) is 16.9. The number of benzene rings is 1. The van der Waals surface area contributed by atoms with Gasteiger partial charge < -0.3 is 0 Å². The largest absolute Gasteiger partial charge is 0.300 e. The molecule has 1 aromatic carbocycles. The molecule has 0 aromatic heterocycles. The molecule has 0 atom stereocenters. The molecule has 3 rings (SSSR count). The highest BCUT2D eigenvalue weighted by Crippen LogP contribution is 2.43. The number of hydrogen-bond donors (Lipinski definition) is 0. The molecule has 0 N–H and O–H groups in total. The van der Waals surface area contributed by atoms with Crippen molar-refractivity contribution in [1.29, 1.82) is 0 Å². The van der Waals surface area contributed by atoms with Crippen LogP contribution >= 0.6 is 0 Å². The summed E-state index contributed by atoms with van der Waals surface area (Å²) in [6.07, 6.45) is 7.05. The zero-order valence-corrected chi connectivity index (χ0v) is 16.9. The first-order valence-corrected chi connectivity index (χ1v) is 10.4. The predicted molar refractivity (Wildman–Crippen MR) is 106 cm³/mol. The fourth-order valence-electron chi connectivity index (χ4n) is 5.12. The van der Waals surface area contributed by atoms with E-state index in [1.165, 1.54) is 11.1 Å². The van der Waals surface area contributed by atoms with E-state index >= 15 is 0 Å². The van der Waals surface area contributed by atoms with Crippen molar-refractivity contribution in [2.75, 3.05) is 0 Å². The van der Waals surface area contributed by atoms with E-state index < -0.39 is 0 Å². The third-order valence-corrected chi connectivity index (χ3v) is 7.48. The molecule has 2 fully saturated rings. The van der Waals surface area contributed by atoms with Crippen LogP contribution in [0.1, 0.15) is 90.2 Å². The van der Waals surface area contributed by atoms with Gasteiger partial charge in [-0.2, -0.15) is 0 Å². The molecule has 2 heteroatoms. The lowest BCUT2D eigenvalue weighted by molar-refractivity contribution is -0.122. The second-order valence-electron chi connectivity index (χ2n) is 9.65. The summed E-state index contributed by atoms with van der Waals surface area (Å²) in [6.45, 7) is 9.38. The van der Waals surface area contributed by atoms with Crippen LogP contribution in [0.5, 0.6) is 0 Å². The molecule has 26 heavy (non-hydrogen) atoms. The van der Waals surface area contributed by atoms with Gasteiger partial charge >= 0.3 is 0 Å². The summed E-state index contributed by atoms with van der Waals surface area (Å²) in [7, 11) is 0. The van der Waals surface area contributed by atoms with Crippen LogP contribution in [0.15, 0.2) is 24.3 Å². The van der Waals surface area contributed by atoms with Gasteiger partial charge in [0.2, 0.25) is 0 Å². The van der Waals surface area contributed by atoms with Gasteiger partial charge in [0.25, 0.3) is 0 Å². The summed E-state index contributed by atoms with van der Waals surface area (Å²) in [5.41, 5.74) is 2.98. The number of rotatable bonds is 4. The summed E-state index contributed by atoms with van der Waals surface area (Å²) in [5.74, 6) is 2.01. The van der Waals surface area contributed by atoms with Gasteiger partial charge in [-0.1, -0.05) is 52.0 Å². The number of ketones is 2. The van der Waals surface area contributed by atoms with E-state index in [2.05, 4.69) is 52.0 Å². The number of hydrogen-bond acceptors (Lipinski definition) is 2. The van der Waals surface area contributed by atoms with Crippen molar-refractivity contribution in [3.63, 3.8) is 0 Å². The number of Topliss-reactive ketones (excluding diaryl/α,β-unsaturated/α-hetero) is 2. The molecule has 0 heterocycles.